The number of carbonyl (C=O) groups is 1. The number of fused-ring (bicyclic) bond motifs is 2. The lowest BCUT2D eigenvalue weighted by Gasteiger charge is -2.43. The van der Waals surface area contributed by atoms with Crippen LogP contribution < -0.4 is 11.1 Å². The van der Waals surface area contributed by atoms with Crippen molar-refractivity contribution in [1.29, 1.82) is 0 Å². The molecule has 0 aliphatic heterocycles. The first-order valence-corrected chi connectivity index (χ1v) is 9.32. The number of imidazole rings is 1. The zero-order valence-corrected chi connectivity index (χ0v) is 15.7. The van der Waals surface area contributed by atoms with Gasteiger partial charge in [0.05, 0.1) is 12.0 Å². The van der Waals surface area contributed by atoms with Gasteiger partial charge in [-0.25, -0.2) is 4.98 Å². The molecule has 1 aromatic carbocycles. The fraction of sp³-hybridized carbons (Fsp3) is 0.500. The van der Waals surface area contributed by atoms with E-state index in [4.69, 9.17) is 5.73 Å². The topological polar surface area (TPSA) is 72.9 Å². The molecule has 2 fully saturated rings. The first-order chi connectivity index (χ1) is 12.2. The fourth-order valence-corrected chi connectivity index (χ4v) is 4.64. The van der Waals surface area contributed by atoms with E-state index in [-0.39, 0.29) is 24.2 Å². The summed E-state index contributed by atoms with van der Waals surface area (Å²) in [6.07, 6.45) is 11.0. The first kappa shape index (κ1) is 18.9. The summed E-state index contributed by atoms with van der Waals surface area (Å²) in [6.45, 7) is 0.547. The molecule has 0 radical (unpaired) electrons. The van der Waals surface area contributed by atoms with Gasteiger partial charge in [-0.15, -0.1) is 12.4 Å². The lowest BCUT2D eigenvalue weighted by molar-refractivity contribution is -0.128. The standard InChI is InChI=1S/C20H26N4O.ClH/c21-19-14-5-3-6-15(19)11-17(10-14)20(25)23-12-16-4-1-2-7-18(16)24-9-8-22-13-24;/h1-2,4,7-9,13-15,17,19H,3,5-6,10-12,21H2,(H,23,25);1H. The fourth-order valence-electron chi connectivity index (χ4n) is 4.64. The maximum Gasteiger partial charge on any atom is 0.223 e. The Morgan fingerprint density at radius 2 is 1.96 bits per heavy atom. The summed E-state index contributed by atoms with van der Waals surface area (Å²) in [6, 6.07) is 8.42. The smallest absolute Gasteiger partial charge is 0.223 e. The number of nitrogens with two attached hydrogens (primary N) is 1. The number of amides is 1. The van der Waals surface area contributed by atoms with Crippen molar-refractivity contribution >= 4 is 18.3 Å². The van der Waals surface area contributed by atoms with Crippen LogP contribution in [-0.2, 0) is 11.3 Å². The van der Waals surface area contributed by atoms with Gasteiger partial charge in [-0.05, 0) is 49.1 Å². The highest BCUT2D eigenvalue weighted by Gasteiger charge is 2.40. The summed E-state index contributed by atoms with van der Waals surface area (Å²) >= 11 is 0. The average Bonchev–Trinajstić information content (AvgIpc) is 3.14. The number of hydrogen-bond acceptors (Lipinski definition) is 3. The minimum atomic E-state index is 0. The van der Waals surface area contributed by atoms with Crippen molar-refractivity contribution in [3.05, 3.63) is 48.5 Å². The minimum Gasteiger partial charge on any atom is -0.352 e. The van der Waals surface area contributed by atoms with Gasteiger partial charge in [0, 0.05) is 30.9 Å². The molecule has 0 saturated heterocycles. The van der Waals surface area contributed by atoms with Crippen molar-refractivity contribution < 1.29 is 4.79 Å². The van der Waals surface area contributed by atoms with Crippen LogP contribution in [0.1, 0.15) is 37.7 Å². The third-order valence-electron chi connectivity index (χ3n) is 6.01. The van der Waals surface area contributed by atoms with Gasteiger partial charge in [0.2, 0.25) is 5.91 Å². The molecule has 4 rings (SSSR count). The highest BCUT2D eigenvalue weighted by atomic mass is 35.5. The Bertz CT molecular complexity index is 719. The normalized spacial score (nSPS) is 27.4. The van der Waals surface area contributed by atoms with Crippen LogP contribution in [-0.4, -0.2) is 21.5 Å². The molecular formula is C20H27ClN4O. The van der Waals surface area contributed by atoms with Crippen molar-refractivity contribution in [2.75, 3.05) is 0 Å². The molecule has 2 aliphatic carbocycles. The van der Waals surface area contributed by atoms with Gasteiger partial charge in [-0.1, -0.05) is 24.6 Å². The monoisotopic (exact) mass is 374 g/mol. The SMILES string of the molecule is Cl.NC1C2CCCC1CC(C(=O)NCc1ccccc1-n1ccnc1)C2. The Labute approximate surface area is 160 Å². The molecule has 2 aromatic rings. The van der Waals surface area contributed by atoms with Crippen LogP contribution in [0.2, 0.25) is 0 Å². The summed E-state index contributed by atoms with van der Waals surface area (Å²) in [7, 11) is 0. The molecule has 2 aliphatic rings. The zero-order valence-electron chi connectivity index (χ0n) is 14.9. The Hall–Kier alpha value is -1.85. The van der Waals surface area contributed by atoms with Crippen LogP contribution in [0.25, 0.3) is 5.69 Å². The van der Waals surface area contributed by atoms with Gasteiger partial charge >= 0.3 is 0 Å². The molecule has 1 heterocycles. The molecule has 3 N–H and O–H groups in total. The number of carbonyl (C=O) groups excluding carboxylic acids is 1. The van der Waals surface area contributed by atoms with Crippen molar-refractivity contribution in [3.8, 4) is 5.69 Å². The van der Waals surface area contributed by atoms with E-state index < -0.39 is 0 Å². The Morgan fingerprint density at radius 3 is 2.65 bits per heavy atom. The molecule has 0 spiro atoms. The largest absolute Gasteiger partial charge is 0.352 e. The quantitative estimate of drug-likeness (QED) is 0.863. The summed E-state index contributed by atoms with van der Waals surface area (Å²) in [5.41, 5.74) is 8.50. The number of rotatable bonds is 4. The minimum absolute atomic E-state index is 0. The summed E-state index contributed by atoms with van der Waals surface area (Å²) in [4.78, 5) is 16.8. The van der Waals surface area contributed by atoms with Gasteiger partial charge in [-0.3, -0.25) is 4.79 Å². The number of nitrogens with zero attached hydrogens (tertiary/aromatic N) is 2. The summed E-state index contributed by atoms with van der Waals surface area (Å²) < 4.78 is 1.98. The Kier molecular flexibility index (Phi) is 5.99. The molecule has 6 heteroatoms. The molecular weight excluding hydrogens is 348 g/mol. The number of nitrogens with one attached hydrogen (secondary N) is 1. The summed E-state index contributed by atoms with van der Waals surface area (Å²) in [5.74, 6) is 1.36. The lowest BCUT2D eigenvalue weighted by atomic mass is 9.65. The molecule has 2 bridgehead atoms. The number of benzene rings is 1. The number of halogens is 1. The van der Waals surface area contributed by atoms with E-state index in [2.05, 4.69) is 16.4 Å². The molecule has 2 unspecified atom stereocenters. The molecule has 1 amide bonds. The average molecular weight is 375 g/mol. The highest BCUT2D eigenvalue weighted by molar-refractivity contribution is 5.85. The van der Waals surface area contributed by atoms with Gasteiger partial charge in [0.15, 0.2) is 0 Å². The third kappa shape index (κ3) is 3.79. The maximum atomic E-state index is 12.7. The van der Waals surface area contributed by atoms with Crippen molar-refractivity contribution in [3.63, 3.8) is 0 Å². The lowest BCUT2D eigenvalue weighted by Crippen LogP contribution is -2.49. The van der Waals surface area contributed by atoms with E-state index in [0.717, 1.165) is 24.1 Å². The van der Waals surface area contributed by atoms with Crippen molar-refractivity contribution in [2.24, 2.45) is 23.5 Å². The van der Waals surface area contributed by atoms with Crippen LogP contribution in [0.4, 0.5) is 0 Å². The second kappa shape index (κ2) is 8.23. The van der Waals surface area contributed by atoms with Crippen molar-refractivity contribution in [1.82, 2.24) is 14.9 Å². The molecule has 2 saturated carbocycles. The highest BCUT2D eigenvalue weighted by Crippen LogP contribution is 2.41. The Balaban J connectivity index is 0.00000196. The second-order valence-corrected chi connectivity index (χ2v) is 7.51. The molecule has 1 aromatic heterocycles. The van der Waals surface area contributed by atoms with E-state index >= 15 is 0 Å². The predicted octanol–water partition coefficient (Wildman–Crippen LogP) is 3.06. The summed E-state index contributed by atoms with van der Waals surface area (Å²) in [5, 5.41) is 3.16. The molecule has 2 atom stereocenters. The van der Waals surface area contributed by atoms with Gasteiger partial charge in [0.1, 0.15) is 0 Å². The third-order valence-corrected chi connectivity index (χ3v) is 6.01. The second-order valence-electron chi connectivity index (χ2n) is 7.51. The predicted molar refractivity (Wildman–Crippen MR) is 104 cm³/mol. The van der Waals surface area contributed by atoms with Gasteiger partial charge in [-0.2, -0.15) is 0 Å². The van der Waals surface area contributed by atoms with E-state index in [1.54, 1.807) is 12.5 Å². The zero-order chi connectivity index (χ0) is 17.2. The van der Waals surface area contributed by atoms with Crippen LogP contribution >= 0.6 is 12.4 Å². The van der Waals surface area contributed by atoms with Crippen LogP contribution in [0.5, 0.6) is 0 Å². The van der Waals surface area contributed by atoms with E-state index in [9.17, 15) is 4.79 Å². The molecule has 26 heavy (non-hydrogen) atoms. The molecule has 140 valence electrons. The van der Waals surface area contributed by atoms with E-state index in [1.807, 2.05) is 29.0 Å². The number of para-hydroxylation sites is 1. The number of hydrogen-bond donors (Lipinski definition) is 2. The Morgan fingerprint density at radius 1 is 1.23 bits per heavy atom. The van der Waals surface area contributed by atoms with Gasteiger partial charge in [0.25, 0.3) is 0 Å². The van der Waals surface area contributed by atoms with E-state index in [0.29, 0.717) is 24.4 Å². The van der Waals surface area contributed by atoms with Gasteiger partial charge < -0.3 is 15.6 Å². The van der Waals surface area contributed by atoms with Crippen LogP contribution in [0.15, 0.2) is 43.0 Å². The first-order valence-electron chi connectivity index (χ1n) is 9.32. The van der Waals surface area contributed by atoms with Crippen LogP contribution in [0.3, 0.4) is 0 Å². The van der Waals surface area contributed by atoms with E-state index in [1.165, 1.54) is 19.3 Å². The number of aromatic nitrogens is 2. The maximum absolute atomic E-state index is 12.7. The molecule has 5 nitrogen and oxygen atoms in total. The van der Waals surface area contributed by atoms with Crippen LogP contribution in [0, 0.1) is 17.8 Å². The van der Waals surface area contributed by atoms with Crippen molar-refractivity contribution in [2.45, 2.75) is 44.7 Å².